The number of esters is 2. The van der Waals surface area contributed by atoms with E-state index >= 15 is 0 Å². The first-order chi connectivity index (χ1) is 20.3. The maximum Gasteiger partial charge on any atom is 0.348 e. The molecule has 0 saturated heterocycles. The van der Waals surface area contributed by atoms with E-state index in [1.807, 2.05) is 30.6 Å². The zero-order valence-electron chi connectivity index (χ0n) is 27.7. The van der Waals surface area contributed by atoms with E-state index in [1.54, 1.807) is 13.0 Å². The molecule has 7 nitrogen and oxygen atoms in total. The summed E-state index contributed by atoms with van der Waals surface area (Å²) in [6.45, 7) is 18.8. The molecule has 0 spiro atoms. The molecule has 0 N–H and O–H groups in total. The zero-order valence-corrected chi connectivity index (χ0v) is 27.7. The number of unbranched alkanes of at least 4 members (excludes halogenated alkanes) is 2. The molecule has 7 heteroatoms. The van der Waals surface area contributed by atoms with E-state index in [1.165, 1.54) is 12.5 Å². The van der Waals surface area contributed by atoms with Crippen molar-refractivity contribution in [3.8, 4) is 6.07 Å². The van der Waals surface area contributed by atoms with Crippen LogP contribution in [0.4, 0.5) is 0 Å². The van der Waals surface area contributed by atoms with Crippen molar-refractivity contribution in [3.05, 3.63) is 47.9 Å². The van der Waals surface area contributed by atoms with Gasteiger partial charge in [-0.25, -0.2) is 9.59 Å². The van der Waals surface area contributed by atoms with Crippen LogP contribution in [0.1, 0.15) is 106 Å². The molecule has 0 amide bonds. The van der Waals surface area contributed by atoms with E-state index in [0.717, 1.165) is 77.5 Å². The highest BCUT2D eigenvalue weighted by atomic mass is 16.5. The van der Waals surface area contributed by atoms with Crippen LogP contribution in [-0.4, -0.2) is 61.1 Å². The van der Waals surface area contributed by atoms with Gasteiger partial charge in [0.2, 0.25) is 0 Å². The number of hydrogen-bond acceptors (Lipinski definition) is 7. The van der Waals surface area contributed by atoms with Gasteiger partial charge in [-0.1, -0.05) is 72.3 Å². The van der Waals surface area contributed by atoms with Gasteiger partial charge in [-0.15, -0.1) is 0 Å². The largest absolute Gasteiger partial charge is 0.462 e. The molecule has 0 aromatic rings. The quantitative estimate of drug-likeness (QED) is 0.0492. The molecule has 0 bridgehead atoms. The van der Waals surface area contributed by atoms with Gasteiger partial charge in [0.15, 0.2) is 0 Å². The zero-order chi connectivity index (χ0) is 31.6. The monoisotopic (exact) mass is 585 g/mol. The maximum atomic E-state index is 12.4. The summed E-state index contributed by atoms with van der Waals surface area (Å²) in [5.41, 5.74) is 0.620. The summed E-state index contributed by atoms with van der Waals surface area (Å²) in [7, 11) is 0. The summed E-state index contributed by atoms with van der Waals surface area (Å²) in [5, 5.41) is 9.43. The lowest BCUT2D eigenvalue weighted by Crippen LogP contribution is -2.24. The molecular weight excluding hydrogens is 526 g/mol. The van der Waals surface area contributed by atoms with Crippen molar-refractivity contribution in [2.45, 2.75) is 106 Å². The summed E-state index contributed by atoms with van der Waals surface area (Å²) >= 11 is 0. The van der Waals surface area contributed by atoms with Gasteiger partial charge in [-0.05, 0) is 82.5 Å². The summed E-state index contributed by atoms with van der Waals surface area (Å²) < 4.78 is 10.9. The molecule has 0 aromatic heterocycles. The molecule has 42 heavy (non-hydrogen) atoms. The standard InChI is InChI=1S/C35H59N3O4/c1-8-14-20-31(10-3)28-41-34(39)30(7)19-16-23-37(12-5)25-18-26-38(13-6)24-17-22-33(27-36)35(40)42-29-32(11-4)21-15-9-2/h16-17,19,22-24,31-32H,8-15,18,20-21,25-26,28-29H2,1-7H3. The molecule has 0 aromatic carbocycles. The number of carbonyl (C=O) groups excluding carboxylic acids is 2. The average Bonchev–Trinajstić information content (AvgIpc) is 3.01. The molecule has 0 fully saturated rings. The fourth-order valence-corrected chi connectivity index (χ4v) is 4.32. The van der Waals surface area contributed by atoms with E-state index in [-0.39, 0.29) is 11.5 Å². The number of ether oxygens (including phenoxy) is 2. The first kappa shape index (κ1) is 39.0. The van der Waals surface area contributed by atoms with Gasteiger partial charge in [-0.3, -0.25) is 0 Å². The topological polar surface area (TPSA) is 82.9 Å². The van der Waals surface area contributed by atoms with Crippen molar-refractivity contribution < 1.29 is 19.1 Å². The number of nitriles is 1. The Morgan fingerprint density at radius 3 is 1.64 bits per heavy atom. The van der Waals surface area contributed by atoms with Gasteiger partial charge < -0.3 is 19.3 Å². The third-order valence-corrected chi connectivity index (χ3v) is 7.56. The van der Waals surface area contributed by atoms with Crippen LogP contribution in [0.3, 0.4) is 0 Å². The van der Waals surface area contributed by atoms with Crippen molar-refractivity contribution in [2.24, 2.45) is 11.8 Å². The highest BCUT2D eigenvalue weighted by Crippen LogP contribution is 2.15. The number of carbonyl (C=O) groups is 2. The molecule has 2 unspecified atom stereocenters. The minimum atomic E-state index is -0.555. The van der Waals surface area contributed by atoms with Crippen LogP contribution in [0.2, 0.25) is 0 Å². The van der Waals surface area contributed by atoms with Gasteiger partial charge in [0.1, 0.15) is 11.6 Å². The Morgan fingerprint density at radius 2 is 1.21 bits per heavy atom. The van der Waals surface area contributed by atoms with E-state index < -0.39 is 5.97 Å². The number of nitrogens with zero attached hydrogens (tertiary/aromatic N) is 3. The predicted molar refractivity (Wildman–Crippen MR) is 173 cm³/mol. The lowest BCUT2D eigenvalue weighted by atomic mass is 10.0. The molecule has 0 aliphatic carbocycles. The fraction of sp³-hybridized carbons (Fsp3) is 0.686. The fourth-order valence-electron chi connectivity index (χ4n) is 4.32. The first-order valence-electron chi connectivity index (χ1n) is 16.3. The van der Waals surface area contributed by atoms with Gasteiger partial charge in [0, 0.05) is 31.8 Å². The number of allylic oxidation sites excluding steroid dienone is 4. The Balaban J connectivity index is 4.76. The van der Waals surface area contributed by atoms with Crippen LogP contribution < -0.4 is 0 Å². The van der Waals surface area contributed by atoms with Gasteiger partial charge >= 0.3 is 11.9 Å². The second-order valence-electron chi connectivity index (χ2n) is 10.9. The minimum absolute atomic E-state index is 0.0175. The Kier molecular flexibility index (Phi) is 23.8. The van der Waals surface area contributed by atoms with Crippen LogP contribution in [0.15, 0.2) is 47.9 Å². The Bertz CT molecular complexity index is 900. The maximum absolute atomic E-state index is 12.4. The molecule has 0 aliphatic rings. The van der Waals surface area contributed by atoms with E-state index in [0.29, 0.717) is 30.6 Å². The van der Waals surface area contributed by atoms with Crippen molar-refractivity contribution in [2.75, 3.05) is 39.4 Å². The van der Waals surface area contributed by atoms with Crippen molar-refractivity contribution >= 4 is 11.9 Å². The number of rotatable bonds is 24. The summed E-state index contributed by atoms with van der Waals surface area (Å²) in [4.78, 5) is 29.1. The van der Waals surface area contributed by atoms with Crippen molar-refractivity contribution in [1.82, 2.24) is 9.80 Å². The highest BCUT2D eigenvalue weighted by molar-refractivity contribution is 5.93. The van der Waals surface area contributed by atoms with Gasteiger partial charge in [0.05, 0.1) is 13.2 Å². The van der Waals surface area contributed by atoms with E-state index in [4.69, 9.17) is 9.47 Å². The SMILES string of the molecule is CCCCC(CC)COC(=O)C(C)=CC=CN(CC)CCCN(C=CC=C(C#N)C(=O)OCC(CC)CCCC)CC. The molecule has 238 valence electrons. The van der Waals surface area contributed by atoms with Crippen LogP contribution in [0.25, 0.3) is 0 Å². The lowest BCUT2D eigenvalue weighted by molar-refractivity contribution is -0.141. The van der Waals surface area contributed by atoms with E-state index in [9.17, 15) is 14.9 Å². The Hall–Kier alpha value is -3.01. The first-order valence-corrected chi connectivity index (χ1v) is 16.3. The van der Waals surface area contributed by atoms with Crippen LogP contribution in [0.5, 0.6) is 0 Å². The highest BCUT2D eigenvalue weighted by Gasteiger charge is 2.14. The second kappa shape index (κ2) is 25.7. The van der Waals surface area contributed by atoms with Gasteiger partial charge in [0.25, 0.3) is 0 Å². The number of hydrogen-bond donors (Lipinski definition) is 0. The van der Waals surface area contributed by atoms with Crippen LogP contribution in [-0.2, 0) is 19.1 Å². The Labute approximate surface area is 257 Å². The van der Waals surface area contributed by atoms with Crippen molar-refractivity contribution in [3.63, 3.8) is 0 Å². The third kappa shape index (κ3) is 18.4. The molecule has 0 radical (unpaired) electrons. The normalized spacial score (nSPS) is 13.7. The van der Waals surface area contributed by atoms with Crippen LogP contribution >= 0.6 is 0 Å². The lowest BCUT2D eigenvalue weighted by Gasteiger charge is -2.22. The van der Waals surface area contributed by atoms with Gasteiger partial charge in [-0.2, -0.15) is 5.26 Å². The minimum Gasteiger partial charge on any atom is -0.462 e. The van der Waals surface area contributed by atoms with Crippen LogP contribution in [0, 0.1) is 23.2 Å². The summed E-state index contributed by atoms with van der Waals surface area (Å²) in [6.07, 6.45) is 20.5. The third-order valence-electron chi connectivity index (χ3n) is 7.56. The Morgan fingerprint density at radius 1 is 0.738 bits per heavy atom. The second-order valence-corrected chi connectivity index (χ2v) is 10.9. The molecule has 0 heterocycles. The molecule has 0 saturated carbocycles. The molecular formula is C35H59N3O4. The van der Waals surface area contributed by atoms with Crippen molar-refractivity contribution in [1.29, 1.82) is 5.26 Å². The molecule has 2 atom stereocenters. The van der Waals surface area contributed by atoms with E-state index in [2.05, 4.69) is 51.3 Å². The summed E-state index contributed by atoms with van der Waals surface area (Å²) in [6, 6.07) is 1.97. The predicted octanol–water partition coefficient (Wildman–Crippen LogP) is 7.96. The molecule has 0 rings (SSSR count). The smallest absolute Gasteiger partial charge is 0.348 e. The summed E-state index contributed by atoms with van der Waals surface area (Å²) in [5.74, 6) is -0.0277. The molecule has 0 aliphatic heterocycles. The average molecular weight is 586 g/mol.